The van der Waals surface area contributed by atoms with Gasteiger partial charge in [0.15, 0.2) is 0 Å². The molecule has 3 nitrogen and oxygen atoms in total. The number of aliphatic hydroxyl groups is 1. The minimum absolute atomic E-state index is 0.0126. The number of benzene rings is 1. The van der Waals surface area contributed by atoms with E-state index in [9.17, 15) is 5.11 Å². The lowest BCUT2D eigenvalue weighted by molar-refractivity contribution is -0.130. The van der Waals surface area contributed by atoms with Crippen molar-refractivity contribution in [3.8, 4) is 0 Å². The predicted octanol–water partition coefficient (Wildman–Crippen LogP) is 5.18. The molecule has 0 spiro atoms. The van der Waals surface area contributed by atoms with Crippen LogP contribution in [-0.4, -0.2) is 28.5 Å². The van der Waals surface area contributed by atoms with E-state index in [1.807, 2.05) is 25.1 Å². The molecule has 1 aromatic rings. The first-order chi connectivity index (χ1) is 12.2. The molecule has 26 heavy (non-hydrogen) atoms. The van der Waals surface area contributed by atoms with Crippen LogP contribution < -0.4 is 5.32 Å². The second-order valence-corrected chi connectivity index (χ2v) is 9.10. The lowest BCUT2D eigenvalue weighted by Gasteiger charge is -2.41. The highest BCUT2D eigenvalue weighted by molar-refractivity contribution is 5.66. The first-order valence-corrected chi connectivity index (χ1v) is 9.71. The number of hydrogen-bond acceptors (Lipinski definition) is 3. The van der Waals surface area contributed by atoms with Gasteiger partial charge in [0.25, 0.3) is 0 Å². The van der Waals surface area contributed by atoms with Crippen molar-refractivity contribution in [1.29, 1.82) is 0 Å². The fourth-order valence-corrected chi connectivity index (χ4v) is 4.31. The number of anilines is 1. The summed E-state index contributed by atoms with van der Waals surface area (Å²) in [5.41, 5.74) is 1.06. The summed E-state index contributed by atoms with van der Waals surface area (Å²) in [5.74, 6) is 0. The van der Waals surface area contributed by atoms with Crippen molar-refractivity contribution in [3.05, 3.63) is 48.6 Å². The molecule has 2 heterocycles. The monoisotopic (exact) mass is 355 g/mol. The fraction of sp³-hybridized carbons (Fsp3) is 0.565. The second kappa shape index (κ2) is 6.86. The molecule has 142 valence electrons. The Bertz CT molecular complexity index is 691. The molecular weight excluding hydrogens is 322 g/mol. The molecule has 0 amide bonds. The number of nitrogens with one attached hydrogen (secondary N) is 1. The molecule has 0 unspecified atom stereocenters. The average Bonchev–Trinajstić information content (AvgIpc) is 2.98. The van der Waals surface area contributed by atoms with E-state index < -0.39 is 5.60 Å². The standard InChI is InChI=1S/C23H33NO2/c1-6-17-10-7-8-11-18(17)24-19-16-21(2,3)13-9-14-22(4,25)20-12-15-23(19,5)26-20/h6-11,13,19-20,24-25H,1,12,14-16H2,2-5H3/b13-9+/t19-,20+,22-,23+/m1/s1. The third kappa shape index (κ3) is 3.89. The maximum Gasteiger partial charge on any atom is 0.0914 e. The molecule has 2 bridgehead atoms. The van der Waals surface area contributed by atoms with Crippen LogP contribution in [0.5, 0.6) is 0 Å². The van der Waals surface area contributed by atoms with Crippen molar-refractivity contribution in [3.63, 3.8) is 0 Å². The second-order valence-electron chi connectivity index (χ2n) is 9.10. The van der Waals surface area contributed by atoms with E-state index >= 15 is 0 Å². The number of allylic oxidation sites excluding steroid dienone is 1. The molecule has 4 atom stereocenters. The van der Waals surface area contributed by atoms with Gasteiger partial charge in [-0.3, -0.25) is 0 Å². The largest absolute Gasteiger partial charge is 0.387 e. The lowest BCUT2D eigenvalue weighted by atomic mass is 9.78. The summed E-state index contributed by atoms with van der Waals surface area (Å²) >= 11 is 0. The number of fused-ring (bicyclic) bond motifs is 2. The molecule has 2 N–H and O–H groups in total. The Hall–Kier alpha value is -1.58. The quantitative estimate of drug-likeness (QED) is 0.735. The van der Waals surface area contributed by atoms with Gasteiger partial charge in [-0.15, -0.1) is 0 Å². The van der Waals surface area contributed by atoms with Gasteiger partial charge in [0.2, 0.25) is 0 Å². The van der Waals surface area contributed by atoms with Gasteiger partial charge in [-0.2, -0.15) is 0 Å². The van der Waals surface area contributed by atoms with Crippen LogP contribution in [0.25, 0.3) is 6.08 Å². The van der Waals surface area contributed by atoms with Gasteiger partial charge >= 0.3 is 0 Å². The number of rotatable bonds is 3. The first-order valence-electron chi connectivity index (χ1n) is 9.71. The minimum Gasteiger partial charge on any atom is -0.387 e. The van der Waals surface area contributed by atoms with Crippen molar-refractivity contribution in [1.82, 2.24) is 0 Å². The highest BCUT2D eigenvalue weighted by atomic mass is 16.5. The highest BCUT2D eigenvalue weighted by Gasteiger charge is 2.49. The first kappa shape index (κ1) is 19.2. The topological polar surface area (TPSA) is 41.5 Å². The summed E-state index contributed by atoms with van der Waals surface area (Å²) in [4.78, 5) is 0. The maximum absolute atomic E-state index is 10.9. The minimum atomic E-state index is -0.828. The van der Waals surface area contributed by atoms with Crippen molar-refractivity contribution >= 4 is 11.8 Å². The van der Waals surface area contributed by atoms with Gasteiger partial charge in [0, 0.05) is 5.69 Å². The molecular formula is C23H33NO2. The van der Waals surface area contributed by atoms with Gasteiger partial charge in [-0.05, 0) is 56.6 Å². The molecule has 0 radical (unpaired) electrons. The molecule has 1 saturated heterocycles. The lowest BCUT2D eigenvalue weighted by Crippen LogP contribution is -2.49. The summed E-state index contributed by atoms with van der Waals surface area (Å²) in [6.07, 6.45) is 9.56. The van der Waals surface area contributed by atoms with Crippen molar-refractivity contribution in [2.24, 2.45) is 5.41 Å². The number of hydrogen-bond donors (Lipinski definition) is 2. The van der Waals surface area contributed by atoms with Crippen LogP contribution >= 0.6 is 0 Å². The molecule has 0 saturated carbocycles. The molecule has 2 aliphatic rings. The summed E-state index contributed by atoms with van der Waals surface area (Å²) in [5, 5.41) is 14.7. The van der Waals surface area contributed by atoms with Gasteiger partial charge < -0.3 is 15.2 Å². The number of ether oxygens (including phenoxy) is 1. The van der Waals surface area contributed by atoms with E-state index in [4.69, 9.17) is 4.74 Å². The van der Waals surface area contributed by atoms with Crippen molar-refractivity contribution in [2.75, 3.05) is 5.32 Å². The van der Waals surface area contributed by atoms with E-state index in [1.165, 1.54) is 0 Å². The summed E-state index contributed by atoms with van der Waals surface area (Å²) in [6.45, 7) is 12.5. The molecule has 3 rings (SSSR count). The Morgan fingerprint density at radius 3 is 2.69 bits per heavy atom. The van der Waals surface area contributed by atoms with E-state index in [-0.39, 0.29) is 23.2 Å². The zero-order chi connectivity index (χ0) is 19.0. The molecule has 1 aromatic carbocycles. The zero-order valence-corrected chi connectivity index (χ0v) is 16.6. The SMILES string of the molecule is C=Cc1ccccc1N[C@@H]1CC(C)(C)/C=C/C[C@@](C)(O)[C@@H]2CC[C@]1(C)O2. The third-order valence-corrected chi connectivity index (χ3v) is 6.09. The van der Waals surface area contributed by atoms with E-state index in [1.54, 1.807) is 0 Å². The van der Waals surface area contributed by atoms with Crippen LogP contribution in [0, 0.1) is 5.41 Å². The average molecular weight is 356 g/mol. The highest BCUT2D eigenvalue weighted by Crippen LogP contribution is 2.44. The van der Waals surface area contributed by atoms with Gasteiger partial charge in [0.05, 0.1) is 23.3 Å². The summed E-state index contributed by atoms with van der Waals surface area (Å²) in [6, 6.07) is 8.40. The maximum atomic E-state index is 10.9. The molecule has 0 aromatic heterocycles. The Labute approximate surface area is 158 Å². The summed E-state index contributed by atoms with van der Waals surface area (Å²) < 4.78 is 6.52. The van der Waals surface area contributed by atoms with Gasteiger partial charge in [-0.25, -0.2) is 0 Å². The van der Waals surface area contributed by atoms with Crippen LogP contribution in [0.15, 0.2) is 43.0 Å². The van der Waals surface area contributed by atoms with Crippen LogP contribution in [0.4, 0.5) is 5.69 Å². The van der Waals surface area contributed by atoms with Crippen LogP contribution in [-0.2, 0) is 4.74 Å². The zero-order valence-electron chi connectivity index (χ0n) is 16.6. The predicted molar refractivity (Wildman–Crippen MR) is 109 cm³/mol. The Balaban J connectivity index is 1.97. The van der Waals surface area contributed by atoms with Crippen molar-refractivity contribution in [2.45, 2.75) is 76.7 Å². The normalized spacial score (nSPS) is 37.7. The fourth-order valence-electron chi connectivity index (χ4n) is 4.31. The molecule has 0 aliphatic carbocycles. The van der Waals surface area contributed by atoms with E-state index in [0.717, 1.165) is 30.5 Å². The van der Waals surface area contributed by atoms with Crippen LogP contribution in [0.1, 0.15) is 58.9 Å². The van der Waals surface area contributed by atoms with Gasteiger partial charge in [-0.1, -0.05) is 56.9 Å². The molecule has 2 aliphatic heterocycles. The third-order valence-electron chi connectivity index (χ3n) is 6.09. The Morgan fingerprint density at radius 2 is 1.96 bits per heavy atom. The molecule has 1 fully saturated rings. The van der Waals surface area contributed by atoms with Crippen LogP contribution in [0.2, 0.25) is 0 Å². The summed E-state index contributed by atoms with van der Waals surface area (Å²) in [7, 11) is 0. The van der Waals surface area contributed by atoms with Crippen LogP contribution in [0.3, 0.4) is 0 Å². The smallest absolute Gasteiger partial charge is 0.0914 e. The van der Waals surface area contributed by atoms with Crippen molar-refractivity contribution < 1.29 is 9.84 Å². The Morgan fingerprint density at radius 1 is 1.23 bits per heavy atom. The Kier molecular flexibility index (Phi) is 5.06. The molecule has 3 heteroatoms. The number of para-hydroxylation sites is 1. The van der Waals surface area contributed by atoms with E-state index in [2.05, 4.69) is 57.0 Å². The van der Waals surface area contributed by atoms with Gasteiger partial charge in [0.1, 0.15) is 0 Å². The van der Waals surface area contributed by atoms with E-state index in [0.29, 0.717) is 6.42 Å².